The quantitative estimate of drug-likeness (QED) is 0.767. The lowest BCUT2D eigenvalue weighted by molar-refractivity contribution is -0.120. The van der Waals surface area contributed by atoms with Crippen LogP contribution in [0.2, 0.25) is 0 Å². The third-order valence-corrected chi connectivity index (χ3v) is 3.72. The highest BCUT2D eigenvalue weighted by Crippen LogP contribution is 2.36. The van der Waals surface area contributed by atoms with Gasteiger partial charge < -0.3 is 20.1 Å². The van der Waals surface area contributed by atoms with Crippen molar-refractivity contribution < 1.29 is 19.1 Å². The van der Waals surface area contributed by atoms with Gasteiger partial charge in [-0.15, -0.1) is 0 Å². The molecule has 1 fully saturated rings. The second kappa shape index (κ2) is 7.49. The van der Waals surface area contributed by atoms with Crippen molar-refractivity contribution in [1.29, 1.82) is 0 Å². The van der Waals surface area contributed by atoms with Crippen LogP contribution in [-0.2, 0) is 4.79 Å². The topological polar surface area (TPSA) is 76.7 Å². The molecule has 1 aliphatic rings. The summed E-state index contributed by atoms with van der Waals surface area (Å²) < 4.78 is 11.3. The zero-order valence-corrected chi connectivity index (χ0v) is 14.2. The fraction of sp³-hybridized carbons (Fsp3) is 0.467. The highest BCUT2D eigenvalue weighted by atomic mass is 79.9. The van der Waals surface area contributed by atoms with Crippen molar-refractivity contribution in [1.82, 2.24) is 10.6 Å². The molecule has 0 spiro atoms. The number of carbonyl (C=O) groups excluding carboxylic acids is 2. The summed E-state index contributed by atoms with van der Waals surface area (Å²) in [4.78, 5) is 23.7. The second-order valence-electron chi connectivity index (χ2n) is 4.95. The van der Waals surface area contributed by atoms with Crippen LogP contribution in [0.3, 0.4) is 0 Å². The number of methoxy groups -OCH3 is 1. The van der Waals surface area contributed by atoms with Gasteiger partial charge >= 0.3 is 0 Å². The van der Waals surface area contributed by atoms with Gasteiger partial charge in [-0.3, -0.25) is 9.59 Å². The van der Waals surface area contributed by atoms with Crippen LogP contribution in [0.5, 0.6) is 11.5 Å². The highest BCUT2D eigenvalue weighted by molar-refractivity contribution is 9.10. The molecule has 2 amide bonds. The summed E-state index contributed by atoms with van der Waals surface area (Å²) in [6, 6.07) is 3.51. The van der Waals surface area contributed by atoms with Gasteiger partial charge in [0.15, 0.2) is 11.5 Å². The van der Waals surface area contributed by atoms with Crippen molar-refractivity contribution in [2.24, 2.45) is 0 Å². The van der Waals surface area contributed by atoms with Gasteiger partial charge in [0.2, 0.25) is 5.91 Å². The molecule has 1 aromatic rings. The number of halogens is 1. The summed E-state index contributed by atoms with van der Waals surface area (Å²) in [5, 5.41) is 5.41. The van der Waals surface area contributed by atoms with Gasteiger partial charge in [-0.05, 0) is 47.8 Å². The Morgan fingerprint density at radius 2 is 2.09 bits per heavy atom. The molecule has 0 aliphatic heterocycles. The van der Waals surface area contributed by atoms with E-state index in [0.717, 1.165) is 12.8 Å². The lowest BCUT2D eigenvalue weighted by Crippen LogP contribution is -2.37. The number of nitrogens with one attached hydrogen (secondary N) is 2. The van der Waals surface area contributed by atoms with Crippen molar-refractivity contribution >= 4 is 27.7 Å². The molecule has 0 unspecified atom stereocenters. The molecule has 7 heteroatoms. The third kappa shape index (κ3) is 4.37. The molecule has 120 valence electrons. The van der Waals surface area contributed by atoms with Crippen molar-refractivity contribution in [2.45, 2.75) is 25.8 Å². The van der Waals surface area contributed by atoms with Crippen LogP contribution in [0.25, 0.3) is 0 Å². The molecular formula is C15H19BrN2O4. The van der Waals surface area contributed by atoms with Crippen LogP contribution in [0.1, 0.15) is 30.1 Å². The molecular weight excluding hydrogens is 352 g/mol. The summed E-state index contributed by atoms with van der Waals surface area (Å²) in [7, 11) is 1.51. The van der Waals surface area contributed by atoms with E-state index in [0.29, 0.717) is 28.1 Å². The predicted octanol–water partition coefficient (Wildman–Crippen LogP) is 1.86. The van der Waals surface area contributed by atoms with Gasteiger partial charge in [-0.2, -0.15) is 0 Å². The zero-order chi connectivity index (χ0) is 16.1. The number of carbonyl (C=O) groups is 2. The Labute approximate surface area is 137 Å². The molecule has 0 saturated heterocycles. The first-order valence-corrected chi connectivity index (χ1v) is 7.92. The average Bonchev–Trinajstić information content (AvgIpc) is 3.30. The Kier molecular flexibility index (Phi) is 5.65. The van der Waals surface area contributed by atoms with Crippen molar-refractivity contribution in [3.8, 4) is 11.5 Å². The first-order chi connectivity index (χ1) is 10.5. The Morgan fingerprint density at radius 1 is 1.36 bits per heavy atom. The molecule has 0 bridgehead atoms. The number of hydrogen-bond acceptors (Lipinski definition) is 4. The first-order valence-electron chi connectivity index (χ1n) is 7.13. The fourth-order valence-electron chi connectivity index (χ4n) is 1.90. The SMILES string of the molecule is CCOc1c(Br)cc(C(=O)NCC(=O)NC2CC2)cc1OC. The fourth-order valence-corrected chi connectivity index (χ4v) is 2.46. The van der Waals surface area contributed by atoms with Crippen LogP contribution in [0, 0.1) is 0 Å². The number of ether oxygens (including phenoxy) is 2. The predicted molar refractivity (Wildman–Crippen MR) is 85.4 cm³/mol. The van der Waals surface area contributed by atoms with E-state index in [2.05, 4.69) is 26.6 Å². The van der Waals surface area contributed by atoms with Crippen molar-refractivity contribution in [2.75, 3.05) is 20.3 Å². The maximum absolute atomic E-state index is 12.1. The Morgan fingerprint density at radius 3 is 2.68 bits per heavy atom. The van der Waals surface area contributed by atoms with Gasteiger partial charge in [-0.1, -0.05) is 0 Å². The minimum atomic E-state index is -0.340. The number of rotatable bonds is 7. The molecule has 2 rings (SSSR count). The second-order valence-corrected chi connectivity index (χ2v) is 5.80. The van der Waals surface area contributed by atoms with Crippen LogP contribution in [0.15, 0.2) is 16.6 Å². The summed E-state index contributed by atoms with van der Waals surface area (Å²) >= 11 is 3.36. The molecule has 22 heavy (non-hydrogen) atoms. The molecule has 0 aromatic heterocycles. The van der Waals surface area contributed by atoms with Crippen LogP contribution < -0.4 is 20.1 Å². The van der Waals surface area contributed by atoms with E-state index < -0.39 is 0 Å². The molecule has 6 nitrogen and oxygen atoms in total. The van der Waals surface area contributed by atoms with Crippen LogP contribution in [-0.4, -0.2) is 38.1 Å². The summed E-state index contributed by atoms with van der Waals surface area (Å²) in [5.41, 5.74) is 0.395. The number of hydrogen-bond donors (Lipinski definition) is 2. The van der Waals surface area contributed by atoms with Gasteiger partial charge in [0.05, 0.1) is 24.7 Å². The minimum absolute atomic E-state index is 0.0392. The average molecular weight is 371 g/mol. The normalized spacial score (nSPS) is 13.4. The third-order valence-electron chi connectivity index (χ3n) is 3.13. The summed E-state index contributed by atoms with van der Waals surface area (Å²) in [6.07, 6.45) is 2.03. The van der Waals surface area contributed by atoms with E-state index in [-0.39, 0.29) is 24.4 Å². The van der Waals surface area contributed by atoms with E-state index >= 15 is 0 Å². The Bertz CT molecular complexity index is 573. The Hall–Kier alpha value is -1.76. The molecule has 1 aliphatic carbocycles. The Balaban J connectivity index is 2.02. The van der Waals surface area contributed by atoms with Crippen LogP contribution >= 0.6 is 15.9 Å². The zero-order valence-electron chi connectivity index (χ0n) is 12.6. The van der Waals surface area contributed by atoms with Gasteiger partial charge in [0.1, 0.15) is 0 Å². The van der Waals surface area contributed by atoms with Gasteiger partial charge in [-0.25, -0.2) is 0 Å². The smallest absolute Gasteiger partial charge is 0.251 e. The molecule has 2 N–H and O–H groups in total. The summed E-state index contributed by atoms with van der Waals surface area (Å²) in [6.45, 7) is 2.31. The largest absolute Gasteiger partial charge is 0.493 e. The van der Waals surface area contributed by atoms with E-state index in [9.17, 15) is 9.59 Å². The lowest BCUT2D eigenvalue weighted by atomic mass is 10.2. The van der Waals surface area contributed by atoms with Crippen LogP contribution in [0.4, 0.5) is 0 Å². The lowest BCUT2D eigenvalue weighted by Gasteiger charge is -2.13. The number of benzene rings is 1. The monoisotopic (exact) mass is 370 g/mol. The maximum Gasteiger partial charge on any atom is 0.251 e. The van der Waals surface area contributed by atoms with E-state index in [4.69, 9.17) is 9.47 Å². The summed E-state index contributed by atoms with van der Waals surface area (Å²) in [5.74, 6) is 0.498. The van der Waals surface area contributed by atoms with E-state index in [1.807, 2.05) is 6.92 Å². The van der Waals surface area contributed by atoms with Gasteiger partial charge in [0, 0.05) is 11.6 Å². The molecule has 0 radical (unpaired) electrons. The van der Waals surface area contributed by atoms with Crippen molar-refractivity contribution in [3.63, 3.8) is 0 Å². The maximum atomic E-state index is 12.1. The molecule has 0 atom stereocenters. The van der Waals surface area contributed by atoms with Gasteiger partial charge in [0.25, 0.3) is 5.91 Å². The minimum Gasteiger partial charge on any atom is -0.493 e. The standard InChI is InChI=1S/C15H19BrN2O4/c1-3-22-14-11(16)6-9(7-12(14)21-2)15(20)17-8-13(19)18-10-4-5-10/h6-7,10H,3-5,8H2,1-2H3,(H,17,20)(H,18,19). The highest BCUT2D eigenvalue weighted by Gasteiger charge is 2.23. The number of amides is 2. The first kappa shape index (κ1) is 16.6. The van der Waals surface area contributed by atoms with E-state index in [1.54, 1.807) is 12.1 Å². The van der Waals surface area contributed by atoms with E-state index in [1.165, 1.54) is 7.11 Å². The molecule has 0 heterocycles. The molecule has 1 aromatic carbocycles. The molecule has 1 saturated carbocycles. The van der Waals surface area contributed by atoms with Crippen molar-refractivity contribution in [3.05, 3.63) is 22.2 Å².